The average Bonchev–Trinajstić information content (AvgIpc) is 1.69. The highest BCUT2D eigenvalue weighted by molar-refractivity contribution is 7.78. The third kappa shape index (κ3) is 5.16. The van der Waals surface area contributed by atoms with Gasteiger partial charge in [-0.25, -0.2) is 0 Å². The number of rotatable bonds is 3. The summed E-state index contributed by atoms with van der Waals surface area (Å²) in [5.74, 6) is 0. The first kappa shape index (κ1) is 6.16. The van der Waals surface area contributed by atoms with Crippen LogP contribution in [0.1, 0.15) is 0 Å². The minimum Gasteiger partial charge on any atom is -0.303 e. The fourth-order valence-corrected chi connectivity index (χ4v) is 0.104. The van der Waals surface area contributed by atoms with E-state index in [9.17, 15) is 4.79 Å². The molecule has 0 saturated heterocycles. The second-order valence-electron chi connectivity index (χ2n) is 0.504. The van der Waals surface area contributed by atoms with Gasteiger partial charge in [-0.05, 0) is 0 Å². The Balaban J connectivity index is 3.08. The first-order valence-corrected chi connectivity index (χ1v) is 1.82. The Morgan fingerprint density at radius 2 is 2.43 bits per heavy atom. The smallest absolute Gasteiger partial charge is 0.303 e. The van der Waals surface area contributed by atoms with Crippen molar-refractivity contribution < 1.29 is 9.63 Å². The van der Waals surface area contributed by atoms with E-state index < -0.39 is 0 Å². The molecule has 0 saturated carbocycles. The lowest BCUT2D eigenvalue weighted by atomic mass is 11.5. The molecular formula is C2H2N2O2S. The van der Waals surface area contributed by atoms with E-state index in [2.05, 4.69) is 27.4 Å². The molecule has 0 rings (SSSR count). The predicted octanol–water partition coefficient (Wildman–Crippen LogP) is 0.484. The van der Waals surface area contributed by atoms with Crippen molar-refractivity contribution in [3.05, 3.63) is 0 Å². The summed E-state index contributed by atoms with van der Waals surface area (Å²) >= 11 is 4.18. The molecule has 0 radical (unpaired) electrons. The Morgan fingerprint density at radius 1 is 1.71 bits per heavy atom. The molecule has 0 amide bonds. The second-order valence-corrected chi connectivity index (χ2v) is 0.715. The summed E-state index contributed by atoms with van der Waals surface area (Å²) in [4.78, 5) is 13.0. The van der Waals surface area contributed by atoms with Crippen LogP contribution in [0, 0.1) is 0 Å². The quantitative estimate of drug-likeness (QED) is 0.234. The van der Waals surface area contributed by atoms with Crippen LogP contribution < -0.4 is 0 Å². The Kier molecular flexibility index (Phi) is 4.54. The lowest BCUT2D eigenvalue weighted by Crippen LogP contribution is -1.70. The van der Waals surface area contributed by atoms with Crippen LogP contribution in [0.25, 0.3) is 0 Å². The number of hydrogen-bond acceptors (Lipinski definition) is 4. The normalized spacial score (nSPS) is 8.57. The van der Waals surface area contributed by atoms with Gasteiger partial charge in [0.15, 0.2) is 0 Å². The van der Waals surface area contributed by atoms with Gasteiger partial charge in [0.05, 0.1) is 0 Å². The van der Waals surface area contributed by atoms with Crippen molar-refractivity contribution >= 4 is 24.2 Å². The molecule has 4 nitrogen and oxygen atoms in total. The van der Waals surface area contributed by atoms with Gasteiger partial charge >= 0.3 is 6.47 Å². The molecule has 38 valence electrons. The standard InChI is InChI=1S/C2H2N2O2S/c5-2-6-4-3-1-7/h1-2H. The minimum atomic E-state index is 0.155. The summed E-state index contributed by atoms with van der Waals surface area (Å²) in [5.41, 5.74) is 0.990. The molecule has 0 aliphatic heterocycles. The molecule has 0 spiro atoms. The van der Waals surface area contributed by atoms with Crippen LogP contribution in [-0.2, 0) is 9.63 Å². The average molecular weight is 118 g/mol. The van der Waals surface area contributed by atoms with Crippen LogP contribution in [0.5, 0.6) is 0 Å². The van der Waals surface area contributed by atoms with E-state index in [-0.39, 0.29) is 6.47 Å². The molecule has 0 fully saturated rings. The van der Waals surface area contributed by atoms with E-state index in [1.54, 1.807) is 0 Å². The molecule has 0 aromatic heterocycles. The number of hydrogen-bond donors (Lipinski definition) is 0. The van der Waals surface area contributed by atoms with Gasteiger partial charge < -0.3 is 4.84 Å². The van der Waals surface area contributed by atoms with E-state index in [4.69, 9.17) is 0 Å². The third-order valence-corrected chi connectivity index (χ3v) is 0.279. The van der Waals surface area contributed by atoms with Gasteiger partial charge in [-0.1, -0.05) is 12.2 Å². The molecule has 0 unspecified atom stereocenters. The van der Waals surface area contributed by atoms with Gasteiger partial charge in [-0.15, -0.1) is 5.11 Å². The van der Waals surface area contributed by atoms with Crippen LogP contribution in [0.3, 0.4) is 0 Å². The highest BCUT2D eigenvalue weighted by atomic mass is 32.1. The van der Waals surface area contributed by atoms with E-state index in [0.29, 0.717) is 0 Å². The van der Waals surface area contributed by atoms with E-state index >= 15 is 0 Å². The van der Waals surface area contributed by atoms with Gasteiger partial charge in [-0.2, -0.15) is 0 Å². The summed E-state index contributed by atoms with van der Waals surface area (Å²) in [6, 6.07) is 0. The maximum Gasteiger partial charge on any atom is 0.325 e. The second kappa shape index (κ2) is 5.16. The summed E-state index contributed by atoms with van der Waals surface area (Å²) in [6.45, 7) is 0.155. The first-order chi connectivity index (χ1) is 3.41. The van der Waals surface area contributed by atoms with Gasteiger partial charge in [0.25, 0.3) is 0 Å². The predicted molar refractivity (Wildman–Crippen MR) is 25.7 cm³/mol. The fourth-order valence-electron chi connectivity index (χ4n) is 0.0657. The number of carbonyl (C=O) groups excluding carboxylic acids is 1. The minimum absolute atomic E-state index is 0.155. The van der Waals surface area contributed by atoms with Crippen LogP contribution in [0.2, 0.25) is 0 Å². The zero-order chi connectivity index (χ0) is 5.54. The molecular weight excluding hydrogens is 116 g/mol. The number of carbonyl (C=O) groups is 1. The van der Waals surface area contributed by atoms with Crippen LogP contribution in [0.4, 0.5) is 0 Å². The van der Waals surface area contributed by atoms with Crippen molar-refractivity contribution in [2.75, 3.05) is 0 Å². The van der Waals surface area contributed by atoms with E-state index in [1.807, 2.05) is 0 Å². The van der Waals surface area contributed by atoms with Gasteiger partial charge in [-0.3, -0.25) is 4.79 Å². The molecule has 0 aromatic rings. The molecule has 7 heavy (non-hydrogen) atoms. The molecule has 0 bridgehead atoms. The topological polar surface area (TPSA) is 51.0 Å². The lowest BCUT2D eigenvalue weighted by Gasteiger charge is -1.71. The molecule has 0 atom stereocenters. The van der Waals surface area contributed by atoms with Crippen molar-refractivity contribution in [1.29, 1.82) is 0 Å². The zero-order valence-corrected chi connectivity index (χ0v) is 4.09. The zero-order valence-electron chi connectivity index (χ0n) is 3.27. The Labute approximate surface area is 45.1 Å². The van der Waals surface area contributed by atoms with E-state index in [0.717, 1.165) is 5.49 Å². The third-order valence-electron chi connectivity index (χ3n) is 0.184. The molecule has 0 aliphatic carbocycles. The van der Waals surface area contributed by atoms with Crippen molar-refractivity contribution in [3.8, 4) is 0 Å². The summed E-state index contributed by atoms with van der Waals surface area (Å²) < 4.78 is 0. The van der Waals surface area contributed by atoms with Crippen molar-refractivity contribution in [2.24, 2.45) is 10.4 Å². The highest BCUT2D eigenvalue weighted by Gasteiger charge is 1.63. The summed E-state index contributed by atoms with van der Waals surface area (Å²) in [7, 11) is 0. The van der Waals surface area contributed by atoms with Crippen molar-refractivity contribution in [2.45, 2.75) is 0 Å². The highest BCUT2D eigenvalue weighted by Crippen LogP contribution is 1.68. The monoisotopic (exact) mass is 118 g/mol. The Bertz CT molecular complexity index is 91.7. The van der Waals surface area contributed by atoms with Crippen molar-refractivity contribution in [3.63, 3.8) is 0 Å². The first-order valence-electron chi connectivity index (χ1n) is 1.35. The largest absolute Gasteiger partial charge is 0.325 e. The molecule has 0 aromatic carbocycles. The fraction of sp³-hybridized carbons (Fsp3) is 0. The van der Waals surface area contributed by atoms with Gasteiger partial charge in [0, 0.05) is 5.28 Å². The Hall–Kier alpha value is -0.840. The van der Waals surface area contributed by atoms with Crippen LogP contribution in [-0.4, -0.2) is 12.0 Å². The molecule has 0 aliphatic rings. The molecule has 0 heterocycles. The van der Waals surface area contributed by atoms with Crippen LogP contribution in [0.15, 0.2) is 10.4 Å². The number of thiocarbonyl (C=S) groups is 1. The summed E-state index contributed by atoms with van der Waals surface area (Å²) in [5, 5.41) is 5.83. The maximum atomic E-state index is 9.26. The van der Waals surface area contributed by atoms with E-state index in [1.165, 1.54) is 0 Å². The van der Waals surface area contributed by atoms with Gasteiger partial charge in [0.2, 0.25) is 0 Å². The molecule has 5 heteroatoms. The SMILES string of the molecule is O=CON=NC=S. The summed E-state index contributed by atoms with van der Waals surface area (Å²) in [6.07, 6.45) is 0. The van der Waals surface area contributed by atoms with Crippen molar-refractivity contribution in [1.82, 2.24) is 0 Å². The van der Waals surface area contributed by atoms with Gasteiger partial charge in [0.1, 0.15) is 5.49 Å². The lowest BCUT2D eigenvalue weighted by molar-refractivity contribution is -0.129. The molecule has 0 N–H and O–H groups in total. The maximum absolute atomic E-state index is 9.26. The Morgan fingerprint density at radius 3 is 2.86 bits per heavy atom. The van der Waals surface area contributed by atoms with Crippen LogP contribution >= 0.6 is 12.2 Å². The number of nitrogens with zero attached hydrogens (tertiary/aromatic N) is 2.